The minimum atomic E-state index is -0.952. The number of aliphatic hydroxyl groups is 1. The Labute approximate surface area is 160 Å². The summed E-state index contributed by atoms with van der Waals surface area (Å²) in [7, 11) is 1.91. The van der Waals surface area contributed by atoms with Gasteiger partial charge >= 0.3 is 0 Å². The monoisotopic (exact) mass is 368 g/mol. The molecule has 5 nitrogen and oxygen atoms in total. The first-order valence-corrected chi connectivity index (χ1v) is 9.93. The van der Waals surface area contributed by atoms with Gasteiger partial charge in [0.25, 0.3) is 11.4 Å². The number of pyridine rings is 1. The number of hydrogen-bond donors (Lipinski definition) is 1. The van der Waals surface area contributed by atoms with Crippen LogP contribution in [0.5, 0.6) is 0 Å². The van der Waals surface area contributed by atoms with E-state index in [2.05, 4.69) is 18.4 Å². The van der Waals surface area contributed by atoms with E-state index in [1.807, 2.05) is 58.9 Å². The number of imidazole rings is 1. The van der Waals surface area contributed by atoms with Gasteiger partial charge in [-0.25, -0.2) is 9.13 Å². The number of hydrogen-bond acceptors (Lipinski definition) is 2. The summed E-state index contributed by atoms with van der Waals surface area (Å²) in [5.41, 5.74) is 1.27. The number of benzene rings is 1. The van der Waals surface area contributed by atoms with Gasteiger partial charge in [-0.1, -0.05) is 44.9 Å². The summed E-state index contributed by atoms with van der Waals surface area (Å²) in [6, 6.07) is 9.76. The van der Waals surface area contributed by atoms with Crippen molar-refractivity contribution in [3.8, 4) is 0 Å². The molecule has 2 heterocycles. The lowest BCUT2D eigenvalue weighted by atomic mass is 10.1. The Bertz CT molecular complexity index is 971. The van der Waals surface area contributed by atoms with Crippen LogP contribution in [0.1, 0.15) is 57.0 Å². The lowest BCUT2D eigenvalue weighted by molar-refractivity contribution is -0.682. The van der Waals surface area contributed by atoms with Crippen molar-refractivity contribution >= 4 is 10.9 Å². The van der Waals surface area contributed by atoms with E-state index in [1.165, 1.54) is 0 Å². The maximum atomic E-state index is 13.2. The van der Waals surface area contributed by atoms with Gasteiger partial charge in [0.15, 0.2) is 6.10 Å². The Hall–Kier alpha value is -2.40. The summed E-state index contributed by atoms with van der Waals surface area (Å²) in [5.74, 6) is 0.748. The largest absolute Gasteiger partial charge is 0.376 e. The van der Waals surface area contributed by atoms with Crippen molar-refractivity contribution in [2.45, 2.75) is 58.7 Å². The zero-order valence-electron chi connectivity index (χ0n) is 16.6. The van der Waals surface area contributed by atoms with E-state index in [-0.39, 0.29) is 5.56 Å². The Morgan fingerprint density at radius 1 is 1.11 bits per heavy atom. The van der Waals surface area contributed by atoms with Gasteiger partial charge in [-0.2, -0.15) is 0 Å². The predicted molar refractivity (Wildman–Crippen MR) is 108 cm³/mol. The first-order chi connectivity index (χ1) is 13.1. The molecular formula is C22H30N3O2+. The average Bonchev–Trinajstić information content (AvgIpc) is 3.05. The third-order valence-corrected chi connectivity index (χ3v) is 5.18. The first kappa shape index (κ1) is 19.4. The van der Waals surface area contributed by atoms with Gasteiger partial charge < -0.3 is 9.67 Å². The number of para-hydroxylation sites is 1. The van der Waals surface area contributed by atoms with Crippen LogP contribution >= 0.6 is 0 Å². The third-order valence-electron chi connectivity index (χ3n) is 5.18. The standard InChI is InChI=1S/C22H30N3O2/c1-4-6-12-24-15-14-23(3)21(24)20(26)18-16-17-10-8-9-11-19(17)25(22(18)27)13-7-5-2/h8-11,14-16,20,26H,4-7,12-13H2,1-3H3/q+1. The van der Waals surface area contributed by atoms with Crippen LogP contribution in [0.25, 0.3) is 10.9 Å². The second-order valence-corrected chi connectivity index (χ2v) is 7.19. The first-order valence-electron chi connectivity index (χ1n) is 9.93. The highest BCUT2D eigenvalue weighted by Gasteiger charge is 2.28. The quantitative estimate of drug-likeness (QED) is 0.620. The lowest BCUT2D eigenvalue weighted by Gasteiger charge is -2.15. The molecule has 0 saturated heterocycles. The Kier molecular flexibility index (Phi) is 6.11. The molecule has 27 heavy (non-hydrogen) atoms. The van der Waals surface area contributed by atoms with Crippen LogP contribution < -0.4 is 10.1 Å². The average molecular weight is 369 g/mol. The van der Waals surface area contributed by atoms with Gasteiger partial charge in [0.2, 0.25) is 0 Å². The molecule has 3 rings (SSSR count). The van der Waals surface area contributed by atoms with Gasteiger partial charge in [-0.05, 0) is 30.4 Å². The molecule has 0 aliphatic heterocycles. The van der Waals surface area contributed by atoms with Crippen LogP contribution in [-0.2, 0) is 20.1 Å². The van der Waals surface area contributed by atoms with E-state index in [0.29, 0.717) is 12.1 Å². The third kappa shape index (κ3) is 3.83. The number of rotatable bonds is 8. The van der Waals surface area contributed by atoms with Gasteiger partial charge in [0, 0.05) is 6.54 Å². The van der Waals surface area contributed by atoms with Crippen molar-refractivity contribution < 1.29 is 9.67 Å². The molecule has 3 aromatic rings. The van der Waals surface area contributed by atoms with Crippen LogP contribution in [-0.4, -0.2) is 14.2 Å². The van der Waals surface area contributed by atoms with Gasteiger partial charge in [-0.3, -0.25) is 4.79 Å². The SMILES string of the molecule is CCCCn1cc[n+](C)c1C(O)c1cc2ccccc2n(CCCC)c1=O. The molecule has 0 aliphatic carbocycles. The molecule has 1 aromatic carbocycles. The van der Waals surface area contributed by atoms with Gasteiger partial charge in [0.1, 0.15) is 12.4 Å². The zero-order chi connectivity index (χ0) is 19.4. The lowest BCUT2D eigenvalue weighted by Crippen LogP contribution is -2.37. The predicted octanol–water partition coefficient (Wildman–Crippen LogP) is 3.31. The highest BCUT2D eigenvalue weighted by molar-refractivity contribution is 5.79. The van der Waals surface area contributed by atoms with Crippen molar-refractivity contribution in [3.05, 3.63) is 64.5 Å². The summed E-state index contributed by atoms with van der Waals surface area (Å²) >= 11 is 0. The fourth-order valence-electron chi connectivity index (χ4n) is 3.63. The minimum Gasteiger partial charge on any atom is -0.376 e. The number of aliphatic hydroxyl groups excluding tert-OH is 1. The van der Waals surface area contributed by atoms with Crippen molar-refractivity contribution in [2.75, 3.05) is 0 Å². The van der Waals surface area contributed by atoms with E-state index >= 15 is 0 Å². The Balaban J connectivity index is 2.13. The Morgan fingerprint density at radius 3 is 2.56 bits per heavy atom. The number of aromatic nitrogens is 3. The molecule has 0 spiro atoms. The van der Waals surface area contributed by atoms with Crippen molar-refractivity contribution in [1.29, 1.82) is 0 Å². The molecule has 1 atom stereocenters. The van der Waals surface area contributed by atoms with E-state index < -0.39 is 6.10 Å². The normalized spacial score (nSPS) is 12.6. The molecule has 2 aromatic heterocycles. The molecule has 0 fully saturated rings. The summed E-state index contributed by atoms with van der Waals surface area (Å²) in [6.07, 6.45) is 7.03. The minimum absolute atomic E-state index is 0.0992. The molecule has 144 valence electrons. The number of fused-ring (bicyclic) bond motifs is 1. The molecule has 0 amide bonds. The van der Waals surface area contributed by atoms with Crippen LogP contribution in [0.3, 0.4) is 0 Å². The number of unbranched alkanes of at least 4 members (excludes halogenated alkanes) is 2. The fourth-order valence-corrected chi connectivity index (χ4v) is 3.63. The van der Waals surface area contributed by atoms with Crippen molar-refractivity contribution in [2.24, 2.45) is 7.05 Å². The fraction of sp³-hybridized carbons (Fsp3) is 0.455. The van der Waals surface area contributed by atoms with Crippen molar-refractivity contribution in [3.63, 3.8) is 0 Å². The van der Waals surface area contributed by atoms with E-state index in [9.17, 15) is 9.90 Å². The summed E-state index contributed by atoms with van der Waals surface area (Å²) in [5, 5.41) is 12.2. The molecule has 0 bridgehead atoms. The number of aryl methyl sites for hydroxylation is 3. The van der Waals surface area contributed by atoms with Crippen molar-refractivity contribution in [1.82, 2.24) is 9.13 Å². The topological polar surface area (TPSA) is 51.0 Å². The molecular weight excluding hydrogens is 338 g/mol. The molecule has 0 saturated carbocycles. The molecule has 0 aliphatic rings. The summed E-state index contributed by atoms with van der Waals surface area (Å²) in [4.78, 5) is 13.2. The Morgan fingerprint density at radius 2 is 1.81 bits per heavy atom. The smallest absolute Gasteiger partial charge is 0.290 e. The van der Waals surface area contributed by atoms with Crippen LogP contribution in [0.15, 0.2) is 47.5 Å². The highest BCUT2D eigenvalue weighted by Crippen LogP contribution is 2.22. The molecule has 1 unspecified atom stereocenters. The molecule has 0 radical (unpaired) electrons. The summed E-state index contributed by atoms with van der Waals surface area (Å²) < 4.78 is 5.78. The second kappa shape index (κ2) is 8.53. The van der Waals surface area contributed by atoms with Crippen LogP contribution in [0.2, 0.25) is 0 Å². The van der Waals surface area contributed by atoms with E-state index in [0.717, 1.165) is 49.0 Å². The maximum Gasteiger partial charge on any atom is 0.290 e. The zero-order valence-corrected chi connectivity index (χ0v) is 16.6. The van der Waals surface area contributed by atoms with E-state index in [4.69, 9.17) is 0 Å². The second-order valence-electron chi connectivity index (χ2n) is 7.19. The van der Waals surface area contributed by atoms with Gasteiger partial charge in [-0.15, -0.1) is 0 Å². The van der Waals surface area contributed by atoms with Crippen LogP contribution in [0, 0.1) is 0 Å². The number of nitrogens with zero attached hydrogens (tertiary/aromatic N) is 3. The van der Waals surface area contributed by atoms with E-state index in [1.54, 1.807) is 0 Å². The van der Waals surface area contributed by atoms with Gasteiger partial charge in [0.05, 0.1) is 24.7 Å². The summed E-state index contributed by atoms with van der Waals surface area (Å²) in [6.45, 7) is 5.77. The van der Waals surface area contributed by atoms with Crippen LogP contribution in [0.4, 0.5) is 0 Å². The molecule has 5 heteroatoms. The highest BCUT2D eigenvalue weighted by atomic mass is 16.3. The maximum absolute atomic E-state index is 13.2. The molecule has 1 N–H and O–H groups in total.